The van der Waals surface area contributed by atoms with Crippen molar-refractivity contribution in [3.05, 3.63) is 47.5 Å². The Hall–Kier alpha value is -2.68. The largest absolute Gasteiger partial charge is 0.368 e. The van der Waals surface area contributed by atoms with Gasteiger partial charge >= 0.3 is 0 Å². The first-order chi connectivity index (χ1) is 10.1. The second-order valence-corrected chi connectivity index (χ2v) is 4.37. The SMILES string of the molecule is CCNc1nc(N(C)c2ccc(C#N)cc2)c(F)cc1F. The zero-order valence-corrected chi connectivity index (χ0v) is 11.7. The molecular formula is C15H14F2N4. The zero-order chi connectivity index (χ0) is 15.4. The minimum absolute atomic E-state index is 0.00870. The Morgan fingerprint density at radius 1 is 1.24 bits per heavy atom. The number of hydrogen-bond acceptors (Lipinski definition) is 4. The van der Waals surface area contributed by atoms with Crippen molar-refractivity contribution in [1.29, 1.82) is 5.26 Å². The van der Waals surface area contributed by atoms with Gasteiger partial charge in [0, 0.05) is 25.3 Å². The molecule has 2 rings (SSSR count). The maximum Gasteiger partial charge on any atom is 0.171 e. The van der Waals surface area contributed by atoms with Crippen molar-refractivity contribution in [2.24, 2.45) is 0 Å². The number of benzene rings is 1. The molecule has 0 atom stereocenters. The molecule has 4 nitrogen and oxygen atoms in total. The van der Waals surface area contributed by atoms with Crippen LogP contribution in [0.4, 0.5) is 26.1 Å². The van der Waals surface area contributed by atoms with E-state index in [1.165, 1.54) is 4.90 Å². The van der Waals surface area contributed by atoms with Crippen LogP contribution in [0.1, 0.15) is 12.5 Å². The Morgan fingerprint density at radius 3 is 2.48 bits per heavy atom. The van der Waals surface area contributed by atoms with Crippen molar-refractivity contribution in [2.45, 2.75) is 6.92 Å². The van der Waals surface area contributed by atoms with Crippen molar-refractivity contribution in [2.75, 3.05) is 23.8 Å². The summed E-state index contributed by atoms with van der Waals surface area (Å²) < 4.78 is 27.5. The molecule has 2 aromatic rings. The second-order valence-electron chi connectivity index (χ2n) is 4.37. The fourth-order valence-corrected chi connectivity index (χ4v) is 1.87. The monoisotopic (exact) mass is 288 g/mol. The van der Waals surface area contributed by atoms with Gasteiger partial charge in [0.05, 0.1) is 11.6 Å². The summed E-state index contributed by atoms with van der Waals surface area (Å²) >= 11 is 0. The zero-order valence-electron chi connectivity index (χ0n) is 11.7. The molecule has 0 amide bonds. The van der Waals surface area contributed by atoms with E-state index in [2.05, 4.69) is 10.3 Å². The summed E-state index contributed by atoms with van der Waals surface area (Å²) in [6, 6.07) is 9.42. The molecule has 0 aliphatic heterocycles. The van der Waals surface area contributed by atoms with E-state index in [0.717, 1.165) is 6.07 Å². The van der Waals surface area contributed by atoms with Crippen molar-refractivity contribution in [3.8, 4) is 6.07 Å². The van der Waals surface area contributed by atoms with E-state index in [1.807, 2.05) is 6.07 Å². The van der Waals surface area contributed by atoms with Gasteiger partial charge in [-0.05, 0) is 31.2 Å². The number of nitrogens with one attached hydrogen (secondary N) is 1. The Balaban J connectivity index is 2.39. The van der Waals surface area contributed by atoms with Crippen LogP contribution in [0, 0.1) is 23.0 Å². The van der Waals surface area contributed by atoms with E-state index in [1.54, 1.807) is 38.2 Å². The summed E-state index contributed by atoms with van der Waals surface area (Å²) in [5, 5.41) is 11.5. The van der Waals surface area contributed by atoms with Crippen molar-refractivity contribution in [1.82, 2.24) is 4.98 Å². The molecule has 0 saturated heterocycles. The van der Waals surface area contributed by atoms with Crippen LogP contribution in [0.15, 0.2) is 30.3 Å². The lowest BCUT2D eigenvalue weighted by atomic mass is 10.2. The number of hydrogen-bond donors (Lipinski definition) is 1. The first-order valence-corrected chi connectivity index (χ1v) is 6.40. The number of nitriles is 1. The van der Waals surface area contributed by atoms with Gasteiger partial charge in [0.15, 0.2) is 23.3 Å². The number of nitrogens with zero attached hydrogens (tertiary/aromatic N) is 3. The van der Waals surface area contributed by atoms with E-state index >= 15 is 0 Å². The highest BCUT2D eigenvalue weighted by molar-refractivity contribution is 5.62. The third-order valence-corrected chi connectivity index (χ3v) is 2.96. The Kier molecular flexibility index (Phi) is 4.33. The first kappa shape index (κ1) is 14.7. The van der Waals surface area contributed by atoms with Gasteiger partial charge in [-0.1, -0.05) is 0 Å². The summed E-state index contributed by atoms with van der Waals surface area (Å²) in [6.07, 6.45) is 0. The predicted octanol–water partition coefficient (Wildman–Crippen LogP) is 3.43. The maximum atomic E-state index is 13.9. The lowest BCUT2D eigenvalue weighted by molar-refractivity contribution is 0.576. The summed E-state index contributed by atoms with van der Waals surface area (Å²) in [6.45, 7) is 2.28. The van der Waals surface area contributed by atoms with Crippen molar-refractivity contribution in [3.63, 3.8) is 0 Å². The highest BCUT2D eigenvalue weighted by Crippen LogP contribution is 2.27. The molecule has 0 spiro atoms. The van der Waals surface area contributed by atoms with Crippen LogP contribution in [0.5, 0.6) is 0 Å². The number of rotatable bonds is 4. The smallest absolute Gasteiger partial charge is 0.171 e. The molecule has 1 N–H and O–H groups in total. The molecule has 0 fully saturated rings. The van der Waals surface area contributed by atoms with Gasteiger partial charge in [-0.25, -0.2) is 13.8 Å². The molecule has 1 aromatic carbocycles. The van der Waals surface area contributed by atoms with Crippen LogP contribution in [0.2, 0.25) is 0 Å². The third kappa shape index (κ3) is 3.08. The van der Waals surface area contributed by atoms with Gasteiger partial charge in [-0.2, -0.15) is 5.26 Å². The minimum atomic E-state index is -0.749. The molecular weight excluding hydrogens is 274 g/mol. The lowest BCUT2D eigenvalue weighted by Gasteiger charge is -2.20. The van der Waals surface area contributed by atoms with Crippen LogP contribution in [0.3, 0.4) is 0 Å². The summed E-state index contributed by atoms with van der Waals surface area (Å²) in [5.41, 5.74) is 1.16. The fourth-order valence-electron chi connectivity index (χ4n) is 1.87. The minimum Gasteiger partial charge on any atom is -0.368 e. The van der Waals surface area contributed by atoms with E-state index in [0.29, 0.717) is 17.8 Å². The second kappa shape index (κ2) is 6.18. The van der Waals surface area contributed by atoms with Gasteiger partial charge in [0.25, 0.3) is 0 Å². The predicted molar refractivity (Wildman–Crippen MR) is 77.5 cm³/mol. The van der Waals surface area contributed by atoms with Gasteiger partial charge in [0.1, 0.15) is 0 Å². The van der Waals surface area contributed by atoms with Gasteiger partial charge < -0.3 is 10.2 Å². The number of pyridine rings is 1. The maximum absolute atomic E-state index is 13.9. The highest BCUT2D eigenvalue weighted by atomic mass is 19.1. The molecule has 0 aliphatic rings. The standard InChI is InChI=1S/C15H14F2N4/c1-3-19-14-12(16)8-13(17)15(20-14)21(2)11-6-4-10(9-18)5-7-11/h4-8H,3H2,1-2H3,(H,19,20). The molecule has 6 heteroatoms. The van der Waals surface area contributed by atoms with Crippen LogP contribution in [0.25, 0.3) is 0 Å². The van der Waals surface area contributed by atoms with E-state index < -0.39 is 11.6 Å². The molecule has 0 radical (unpaired) electrons. The third-order valence-electron chi connectivity index (χ3n) is 2.96. The van der Waals surface area contributed by atoms with Crippen LogP contribution in [-0.2, 0) is 0 Å². The highest BCUT2D eigenvalue weighted by Gasteiger charge is 2.16. The molecule has 0 aliphatic carbocycles. The molecule has 108 valence electrons. The Labute approximate surface area is 121 Å². The van der Waals surface area contributed by atoms with Crippen LogP contribution < -0.4 is 10.2 Å². The van der Waals surface area contributed by atoms with Gasteiger partial charge in [0.2, 0.25) is 0 Å². The molecule has 21 heavy (non-hydrogen) atoms. The van der Waals surface area contributed by atoms with Gasteiger partial charge in [-0.15, -0.1) is 0 Å². The van der Waals surface area contributed by atoms with E-state index in [-0.39, 0.29) is 11.6 Å². The quantitative estimate of drug-likeness (QED) is 0.936. The molecule has 0 bridgehead atoms. The fraction of sp³-hybridized carbons (Fsp3) is 0.200. The summed E-state index contributed by atoms with van der Waals surface area (Å²) in [5.74, 6) is -1.46. The van der Waals surface area contributed by atoms with Crippen LogP contribution in [-0.4, -0.2) is 18.6 Å². The lowest BCUT2D eigenvalue weighted by Crippen LogP contribution is -2.15. The van der Waals surface area contributed by atoms with E-state index in [9.17, 15) is 8.78 Å². The molecule has 1 heterocycles. The van der Waals surface area contributed by atoms with E-state index in [4.69, 9.17) is 5.26 Å². The number of anilines is 3. The topological polar surface area (TPSA) is 52.0 Å². The number of halogens is 2. The average molecular weight is 288 g/mol. The van der Waals surface area contributed by atoms with Crippen molar-refractivity contribution < 1.29 is 8.78 Å². The van der Waals surface area contributed by atoms with Crippen molar-refractivity contribution >= 4 is 17.3 Å². The number of aromatic nitrogens is 1. The molecule has 0 unspecified atom stereocenters. The summed E-state index contributed by atoms with van der Waals surface area (Å²) in [4.78, 5) is 5.48. The Bertz CT molecular complexity index is 677. The summed E-state index contributed by atoms with van der Waals surface area (Å²) in [7, 11) is 1.63. The molecule has 1 aromatic heterocycles. The van der Waals surface area contributed by atoms with Gasteiger partial charge in [-0.3, -0.25) is 0 Å². The van der Waals surface area contributed by atoms with Crippen LogP contribution >= 0.6 is 0 Å². The molecule has 0 saturated carbocycles. The Morgan fingerprint density at radius 2 is 1.90 bits per heavy atom. The normalized spacial score (nSPS) is 10.0. The first-order valence-electron chi connectivity index (χ1n) is 6.40. The average Bonchev–Trinajstić information content (AvgIpc) is 2.49.